The first kappa shape index (κ1) is 17.3. The van der Waals surface area contributed by atoms with Crippen LogP contribution < -0.4 is 0 Å². The van der Waals surface area contributed by atoms with Crippen LogP contribution in [0.4, 0.5) is 0 Å². The normalized spacial score (nSPS) is 16.5. The van der Waals surface area contributed by atoms with Crippen molar-refractivity contribution in [1.82, 2.24) is 15.0 Å². The predicted octanol–water partition coefficient (Wildman–Crippen LogP) is 3.23. The van der Waals surface area contributed by atoms with Crippen LogP contribution in [0.2, 0.25) is 0 Å². The first-order chi connectivity index (χ1) is 13.1. The van der Waals surface area contributed by atoms with Gasteiger partial charge in [0.05, 0.1) is 34.1 Å². The standard InChI is InChI=1S/C19H16N4O3S/c24-18(5-6-19(25)26)23-16(11-15(22-23)17-2-1-9-27-17)12-3-4-13-14(10-12)21-8-7-20-13/h1-4,7-10,16H,5-6,11H2,(H,25,26)/t16-/m0/s1. The number of carboxylic acid groups (broad SMARTS) is 1. The van der Waals surface area contributed by atoms with Gasteiger partial charge in [0.2, 0.25) is 5.91 Å². The highest BCUT2D eigenvalue weighted by atomic mass is 32.1. The first-order valence-electron chi connectivity index (χ1n) is 8.47. The maximum Gasteiger partial charge on any atom is 0.303 e. The Morgan fingerprint density at radius 2 is 1.96 bits per heavy atom. The lowest BCUT2D eigenvalue weighted by molar-refractivity contribution is -0.141. The van der Waals surface area contributed by atoms with E-state index in [-0.39, 0.29) is 24.8 Å². The van der Waals surface area contributed by atoms with Crippen LogP contribution in [0.1, 0.15) is 35.7 Å². The van der Waals surface area contributed by atoms with Crippen LogP contribution in [0.5, 0.6) is 0 Å². The van der Waals surface area contributed by atoms with E-state index in [0.29, 0.717) is 6.42 Å². The van der Waals surface area contributed by atoms with Crippen molar-refractivity contribution in [3.63, 3.8) is 0 Å². The smallest absolute Gasteiger partial charge is 0.303 e. The molecule has 1 aromatic carbocycles. The second-order valence-corrected chi connectivity index (χ2v) is 7.13. The molecule has 2 aromatic heterocycles. The van der Waals surface area contributed by atoms with Gasteiger partial charge in [0, 0.05) is 25.2 Å². The molecule has 3 heterocycles. The van der Waals surface area contributed by atoms with E-state index in [4.69, 9.17) is 5.11 Å². The summed E-state index contributed by atoms with van der Waals surface area (Å²) in [7, 11) is 0. The molecule has 1 amide bonds. The number of aliphatic carboxylic acids is 1. The number of nitrogens with zero attached hydrogens (tertiary/aromatic N) is 4. The zero-order chi connectivity index (χ0) is 18.8. The summed E-state index contributed by atoms with van der Waals surface area (Å²) in [6.45, 7) is 0. The number of rotatable bonds is 5. The second kappa shape index (κ2) is 7.24. The molecule has 0 fully saturated rings. The average molecular weight is 380 g/mol. The van der Waals surface area contributed by atoms with Gasteiger partial charge in [-0.2, -0.15) is 5.10 Å². The van der Waals surface area contributed by atoms with Gasteiger partial charge in [-0.15, -0.1) is 11.3 Å². The summed E-state index contributed by atoms with van der Waals surface area (Å²) in [6.07, 6.45) is 3.54. The fourth-order valence-corrected chi connectivity index (χ4v) is 3.83. The lowest BCUT2D eigenvalue weighted by Gasteiger charge is -2.22. The van der Waals surface area contributed by atoms with E-state index >= 15 is 0 Å². The van der Waals surface area contributed by atoms with Crippen LogP contribution in [0.15, 0.2) is 53.2 Å². The Kier molecular flexibility index (Phi) is 4.64. The quantitative estimate of drug-likeness (QED) is 0.733. The Hall–Kier alpha value is -3.13. The molecule has 3 aromatic rings. The molecule has 1 atom stereocenters. The van der Waals surface area contributed by atoms with Crippen molar-refractivity contribution in [1.29, 1.82) is 0 Å². The lowest BCUT2D eigenvalue weighted by Crippen LogP contribution is -2.27. The zero-order valence-electron chi connectivity index (χ0n) is 14.3. The van der Waals surface area contributed by atoms with Crippen molar-refractivity contribution in [2.45, 2.75) is 25.3 Å². The molecular weight excluding hydrogens is 364 g/mol. The number of hydrogen-bond acceptors (Lipinski definition) is 6. The fourth-order valence-electron chi connectivity index (χ4n) is 3.11. The Labute approximate surface area is 159 Å². The van der Waals surface area contributed by atoms with E-state index in [2.05, 4.69) is 15.1 Å². The van der Waals surface area contributed by atoms with Gasteiger partial charge in [0.1, 0.15) is 0 Å². The summed E-state index contributed by atoms with van der Waals surface area (Å²) in [5.74, 6) is -1.30. The predicted molar refractivity (Wildman–Crippen MR) is 101 cm³/mol. The fraction of sp³-hybridized carbons (Fsp3) is 0.211. The van der Waals surface area contributed by atoms with Gasteiger partial charge in [-0.25, -0.2) is 5.01 Å². The highest BCUT2D eigenvalue weighted by Crippen LogP contribution is 2.35. The van der Waals surface area contributed by atoms with Crippen LogP contribution in [-0.2, 0) is 9.59 Å². The van der Waals surface area contributed by atoms with Gasteiger partial charge in [0.15, 0.2) is 0 Å². The molecule has 0 saturated heterocycles. The van der Waals surface area contributed by atoms with Crippen molar-refractivity contribution < 1.29 is 14.7 Å². The summed E-state index contributed by atoms with van der Waals surface area (Å²) in [4.78, 5) is 33.1. The van der Waals surface area contributed by atoms with Gasteiger partial charge in [-0.05, 0) is 29.1 Å². The summed E-state index contributed by atoms with van der Waals surface area (Å²) >= 11 is 1.57. The van der Waals surface area contributed by atoms with Crippen LogP contribution >= 0.6 is 11.3 Å². The number of aromatic nitrogens is 2. The minimum atomic E-state index is -0.998. The third kappa shape index (κ3) is 3.56. The van der Waals surface area contributed by atoms with Crippen molar-refractivity contribution >= 4 is 40.0 Å². The van der Waals surface area contributed by atoms with Gasteiger partial charge in [-0.1, -0.05) is 12.1 Å². The number of carboxylic acids is 1. The highest BCUT2D eigenvalue weighted by Gasteiger charge is 2.33. The van der Waals surface area contributed by atoms with Gasteiger partial charge >= 0.3 is 5.97 Å². The van der Waals surface area contributed by atoms with Crippen LogP contribution in [0, 0.1) is 0 Å². The maximum absolute atomic E-state index is 12.6. The molecule has 0 unspecified atom stereocenters. The largest absolute Gasteiger partial charge is 0.481 e. The van der Waals surface area contributed by atoms with Crippen LogP contribution in [0.25, 0.3) is 11.0 Å². The zero-order valence-corrected chi connectivity index (χ0v) is 15.1. The van der Waals surface area contributed by atoms with E-state index in [0.717, 1.165) is 27.2 Å². The Morgan fingerprint density at radius 3 is 2.70 bits per heavy atom. The van der Waals surface area contributed by atoms with Gasteiger partial charge < -0.3 is 5.11 Å². The van der Waals surface area contributed by atoms with Crippen molar-refractivity contribution in [2.24, 2.45) is 5.10 Å². The molecule has 27 heavy (non-hydrogen) atoms. The SMILES string of the molecule is O=C(O)CCC(=O)N1N=C(c2cccs2)C[C@H]1c1ccc2nccnc2c1. The number of carbonyl (C=O) groups is 2. The van der Waals surface area contributed by atoms with E-state index in [1.807, 2.05) is 35.7 Å². The molecule has 0 radical (unpaired) electrons. The number of carbonyl (C=O) groups excluding carboxylic acids is 1. The molecule has 0 aliphatic carbocycles. The Bertz CT molecular complexity index is 1030. The molecule has 0 saturated carbocycles. The third-order valence-corrected chi connectivity index (χ3v) is 5.32. The number of amides is 1. The van der Waals surface area contributed by atoms with Crippen LogP contribution in [0.3, 0.4) is 0 Å². The minimum Gasteiger partial charge on any atom is -0.481 e. The van der Waals surface area contributed by atoms with E-state index in [9.17, 15) is 9.59 Å². The molecular formula is C19H16N4O3S. The molecule has 136 valence electrons. The van der Waals surface area contributed by atoms with Gasteiger partial charge in [0.25, 0.3) is 0 Å². The first-order valence-corrected chi connectivity index (χ1v) is 9.35. The summed E-state index contributed by atoms with van der Waals surface area (Å²) in [6, 6.07) is 9.34. The maximum atomic E-state index is 12.6. The molecule has 8 heteroatoms. The monoisotopic (exact) mass is 380 g/mol. The number of hydrazone groups is 1. The third-order valence-electron chi connectivity index (χ3n) is 4.40. The van der Waals surface area contributed by atoms with Gasteiger partial charge in [-0.3, -0.25) is 19.6 Å². The molecule has 4 rings (SSSR count). The lowest BCUT2D eigenvalue weighted by atomic mass is 10.00. The molecule has 1 N–H and O–H groups in total. The molecule has 7 nitrogen and oxygen atoms in total. The summed E-state index contributed by atoms with van der Waals surface area (Å²) < 4.78 is 0. The van der Waals surface area contributed by atoms with Crippen LogP contribution in [-0.4, -0.2) is 37.7 Å². The number of thiophene rings is 1. The number of fused-ring (bicyclic) bond motifs is 1. The summed E-state index contributed by atoms with van der Waals surface area (Å²) in [5.41, 5.74) is 3.26. The molecule has 0 bridgehead atoms. The number of benzene rings is 1. The highest BCUT2D eigenvalue weighted by molar-refractivity contribution is 7.12. The Balaban J connectivity index is 1.67. The van der Waals surface area contributed by atoms with E-state index in [1.165, 1.54) is 5.01 Å². The topological polar surface area (TPSA) is 95.8 Å². The van der Waals surface area contributed by atoms with Crippen molar-refractivity contribution in [2.75, 3.05) is 0 Å². The minimum absolute atomic E-state index is 0.0829. The van der Waals surface area contributed by atoms with Crippen molar-refractivity contribution in [3.05, 3.63) is 58.5 Å². The van der Waals surface area contributed by atoms with E-state index in [1.54, 1.807) is 23.7 Å². The second-order valence-electron chi connectivity index (χ2n) is 6.18. The average Bonchev–Trinajstić information content (AvgIpc) is 3.35. The molecule has 0 spiro atoms. The molecule has 1 aliphatic heterocycles. The Morgan fingerprint density at radius 1 is 1.15 bits per heavy atom. The summed E-state index contributed by atoms with van der Waals surface area (Å²) in [5, 5.41) is 16.8. The van der Waals surface area contributed by atoms with Crippen molar-refractivity contribution in [3.8, 4) is 0 Å². The number of hydrogen-bond donors (Lipinski definition) is 1. The molecule has 1 aliphatic rings. The van der Waals surface area contributed by atoms with E-state index < -0.39 is 5.97 Å².